The number of amides is 1. The van der Waals surface area contributed by atoms with Gasteiger partial charge >= 0.3 is 0 Å². The lowest BCUT2D eigenvalue weighted by Gasteiger charge is -2.21. The molecule has 27 heavy (non-hydrogen) atoms. The molecule has 0 saturated carbocycles. The molecule has 4 rings (SSSR count). The van der Waals surface area contributed by atoms with Gasteiger partial charge in [0.15, 0.2) is 0 Å². The highest BCUT2D eigenvalue weighted by Crippen LogP contribution is 2.27. The van der Waals surface area contributed by atoms with Crippen molar-refractivity contribution in [3.8, 4) is 0 Å². The van der Waals surface area contributed by atoms with Crippen molar-refractivity contribution < 1.29 is 4.79 Å². The minimum absolute atomic E-state index is 0. The van der Waals surface area contributed by atoms with Crippen molar-refractivity contribution in [2.45, 2.75) is 32.7 Å². The highest BCUT2D eigenvalue weighted by atomic mass is 35.5. The minimum Gasteiger partial charge on any atom is -0.343 e. The van der Waals surface area contributed by atoms with Gasteiger partial charge in [0.2, 0.25) is 5.91 Å². The van der Waals surface area contributed by atoms with Crippen LogP contribution in [0.5, 0.6) is 0 Å². The van der Waals surface area contributed by atoms with Crippen molar-refractivity contribution in [2.75, 3.05) is 26.2 Å². The number of halogens is 1. The highest BCUT2D eigenvalue weighted by molar-refractivity contribution is 5.85. The molecule has 0 unspecified atom stereocenters. The summed E-state index contributed by atoms with van der Waals surface area (Å²) < 4.78 is 1.57. The van der Waals surface area contributed by atoms with Crippen LogP contribution in [0.15, 0.2) is 29.3 Å². The van der Waals surface area contributed by atoms with Crippen molar-refractivity contribution in [1.82, 2.24) is 19.8 Å². The molecule has 0 bridgehead atoms. The van der Waals surface area contributed by atoms with Gasteiger partial charge in [-0.1, -0.05) is 12.1 Å². The van der Waals surface area contributed by atoms with Crippen LogP contribution in [0.25, 0.3) is 10.9 Å². The summed E-state index contributed by atoms with van der Waals surface area (Å²) in [7, 11) is 0. The molecule has 2 aliphatic heterocycles. The van der Waals surface area contributed by atoms with Crippen LogP contribution in [0.4, 0.5) is 0 Å². The maximum absolute atomic E-state index is 12.6. The third-order valence-corrected chi connectivity index (χ3v) is 5.99. The van der Waals surface area contributed by atoms with Crippen LogP contribution >= 0.6 is 12.4 Å². The maximum atomic E-state index is 12.6. The summed E-state index contributed by atoms with van der Waals surface area (Å²) in [5.74, 6) is 1.57. The molecule has 2 atom stereocenters. The van der Waals surface area contributed by atoms with Crippen molar-refractivity contribution in [3.63, 3.8) is 0 Å². The molecule has 1 aromatic carbocycles. The first-order valence-electron chi connectivity index (χ1n) is 9.57. The highest BCUT2D eigenvalue weighted by Gasteiger charge is 2.31. The van der Waals surface area contributed by atoms with Crippen LogP contribution in [0, 0.1) is 18.8 Å². The Labute approximate surface area is 165 Å². The summed E-state index contributed by atoms with van der Waals surface area (Å²) >= 11 is 0. The Morgan fingerprint density at radius 1 is 1.22 bits per heavy atom. The summed E-state index contributed by atoms with van der Waals surface area (Å²) in [4.78, 5) is 31.7. The molecule has 1 aromatic heterocycles. The van der Waals surface area contributed by atoms with Crippen molar-refractivity contribution in [3.05, 3.63) is 40.4 Å². The van der Waals surface area contributed by atoms with Gasteiger partial charge in [-0.05, 0) is 56.3 Å². The number of hydrogen-bond acceptors (Lipinski definition) is 4. The van der Waals surface area contributed by atoms with Crippen LogP contribution in [0.3, 0.4) is 0 Å². The standard InChI is InChI=1S/C20H26N4O2.ClH/c1-14-3-2-4-17-19(14)22-13-24(20(17)26)10-7-18(25)23-8-5-15-11-21-12-16(15)6-9-23;/h2-4,13,15-16,21H,5-12H2,1H3;1H/t15-,16+;. The number of fused-ring (bicyclic) bond motifs is 2. The van der Waals surface area contributed by atoms with E-state index >= 15 is 0 Å². The molecule has 0 aliphatic carbocycles. The molecule has 3 heterocycles. The van der Waals surface area contributed by atoms with Gasteiger partial charge in [0, 0.05) is 26.1 Å². The lowest BCUT2D eigenvalue weighted by atomic mass is 9.92. The lowest BCUT2D eigenvalue weighted by Crippen LogP contribution is -2.34. The number of carbonyl (C=O) groups is 1. The van der Waals surface area contributed by atoms with Gasteiger partial charge in [0.25, 0.3) is 5.56 Å². The van der Waals surface area contributed by atoms with Crippen molar-refractivity contribution >= 4 is 29.2 Å². The Bertz CT molecular complexity index is 868. The number of benzene rings is 1. The van der Waals surface area contributed by atoms with E-state index in [-0.39, 0.29) is 23.9 Å². The molecule has 6 nitrogen and oxygen atoms in total. The minimum atomic E-state index is -0.0667. The Balaban J connectivity index is 0.00000210. The number of nitrogens with zero attached hydrogens (tertiary/aromatic N) is 3. The first kappa shape index (κ1) is 19.8. The van der Waals surface area contributed by atoms with Crippen LogP contribution in [-0.2, 0) is 11.3 Å². The van der Waals surface area contributed by atoms with Crippen LogP contribution < -0.4 is 10.9 Å². The lowest BCUT2D eigenvalue weighted by molar-refractivity contribution is -0.131. The molecule has 7 heteroatoms. The van der Waals surface area contributed by atoms with Crippen LogP contribution in [0.2, 0.25) is 0 Å². The fourth-order valence-electron chi connectivity index (χ4n) is 4.34. The fourth-order valence-corrected chi connectivity index (χ4v) is 4.34. The van der Waals surface area contributed by atoms with Crippen molar-refractivity contribution in [1.29, 1.82) is 0 Å². The Hall–Kier alpha value is -1.92. The predicted molar refractivity (Wildman–Crippen MR) is 108 cm³/mol. The molecular weight excluding hydrogens is 364 g/mol. The van der Waals surface area contributed by atoms with Gasteiger partial charge in [-0.15, -0.1) is 12.4 Å². The van der Waals surface area contributed by atoms with Crippen molar-refractivity contribution in [2.24, 2.45) is 11.8 Å². The second-order valence-corrected chi connectivity index (χ2v) is 7.60. The number of para-hydroxylation sites is 1. The second-order valence-electron chi connectivity index (χ2n) is 7.60. The monoisotopic (exact) mass is 390 g/mol. The molecule has 1 amide bonds. The van der Waals surface area contributed by atoms with E-state index in [1.54, 1.807) is 17.0 Å². The van der Waals surface area contributed by atoms with Gasteiger partial charge < -0.3 is 10.2 Å². The number of aryl methyl sites for hydroxylation is 2. The second kappa shape index (κ2) is 8.40. The molecular formula is C20H27ClN4O2. The van der Waals surface area contributed by atoms with Gasteiger partial charge in [0.1, 0.15) is 0 Å². The molecule has 2 fully saturated rings. The van der Waals surface area contributed by atoms with Gasteiger partial charge in [-0.3, -0.25) is 14.2 Å². The number of nitrogens with one attached hydrogen (secondary N) is 1. The average molecular weight is 391 g/mol. The fraction of sp³-hybridized carbons (Fsp3) is 0.550. The third-order valence-electron chi connectivity index (χ3n) is 5.99. The van der Waals surface area contributed by atoms with E-state index in [0.717, 1.165) is 50.1 Å². The summed E-state index contributed by atoms with van der Waals surface area (Å²) in [6.45, 7) is 6.19. The maximum Gasteiger partial charge on any atom is 0.261 e. The summed E-state index contributed by atoms with van der Waals surface area (Å²) in [5, 5.41) is 4.08. The average Bonchev–Trinajstić information content (AvgIpc) is 3.00. The third kappa shape index (κ3) is 4.01. The van der Waals surface area contributed by atoms with E-state index in [1.807, 2.05) is 24.0 Å². The smallest absolute Gasteiger partial charge is 0.261 e. The Morgan fingerprint density at radius 3 is 2.63 bits per heavy atom. The molecule has 0 spiro atoms. The number of aromatic nitrogens is 2. The normalized spacial score (nSPS) is 22.2. The molecule has 2 aliphatic rings. The molecule has 146 valence electrons. The Morgan fingerprint density at radius 2 is 1.93 bits per heavy atom. The van der Waals surface area contributed by atoms with E-state index < -0.39 is 0 Å². The van der Waals surface area contributed by atoms with E-state index in [9.17, 15) is 9.59 Å². The number of rotatable bonds is 3. The molecule has 1 N–H and O–H groups in total. The first-order chi connectivity index (χ1) is 12.6. The van der Waals surface area contributed by atoms with E-state index in [1.165, 1.54) is 0 Å². The number of likely N-dealkylation sites (tertiary alicyclic amines) is 1. The topological polar surface area (TPSA) is 67.2 Å². The SMILES string of the molecule is Cc1cccc2c(=O)n(CCC(=O)N3CC[C@@H]4CNC[C@@H]4CC3)cnc12.Cl. The van der Waals surface area contributed by atoms with Gasteiger partial charge in [0.05, 0.1) is 17.2 Å². The number of carbonyl (C=O) groups excluding carboxylic acids is 1. The first-order valence-corrected chi connectivity index (χ1v) is 9.57. The summed E-state index contributed by atoms with van der Waals surface area (Å²) in [6, 6.07) is 5.63. The quantitative estimate of drug-likeness (QED) is 0.870. The molecule has 2 aromatic rings. The van der Waals surface area contributed by atoms with E-state index in [0.29, 0.717) is 30.2 Å². The van der Waals surface area contributed by atoms with Crippen LogP contribution in [0.1, 0.15) is 24.8 Å². The molecule has 0 radical (unpaired) electrons. The van der Waals surface area contributed by atoms with Gasteiger partial charge in [-0.25, -0.2) is 4.98 Å². The molecule has 2 saturated heterocycles. The number of hydrogen-bond donors (Lipinski definition) is 1. The summed E-state index contributed by atoms with van der Waals surface area (Å²) in [5.41, 5.74) is 1.67. The zero-order valence-electron chi connectivity index (χ0n) is 15.7. The Kier molecular flexibility index (Phi) is 6.17. The zero-order valence-corrected chi connectivity index (χ0v) is 16.5. The van der Waals surface area contributed by atoms with Gasteiger partial charge in [-0.2, -0.15) is 0 Å². The van der Waals surface area contributed by atoms with E-state index in [4.69, 9.17) is 0 Å². The van der Waals surface area contributed by atoms with E-state index in [2.05, 4.69) is 10.3 Å². The zero-order chi connectivity index (χ0) is 18.1. The predicted octanol–water partition coefficient (Wildman–Crippen LogP) is 1.97. The summed E-state index contributed by atoms with van der Waals surface area (Å²) in [6.07, 6.45) is 4.09. The van der Waals surface area contributed by atoms with Crippen LogP contribution in [-0.4, -0.2) is 46.5 Å². The largest absolute Gasteiger partial charge is 0.343 e.